The highest BCUT2D eigenvalue weighted by Crippen LogP contribution is 2.30. The normalized spacial score (nSPS) is 13.0. The molecule has 2 amide bonds. The van der Waals surface area contributed by atoms with Gasteiger partial charge in [0.15, 0.2) is 0 Å². The van der Waals surface area contributed by atoms with E-state index < -0.39 is 33.7 Å². The van der Waals surface area contributed by atoms with Crippen LogP contribution in [0.25, 0.3) is 0 Å². The molecular weight excluding hydrogens is 570 g/mol. The van der Waals surface area contributed by atoms with Crippen molar-refractivity contribution in [2.75, 3.05) is 20.7 Å². The number of ether oxygens (including phenoxy) is 2. The van der Waals surface area contributed by atoms with Crippen LogP contribution in [-0.4, -0.2) is 69.7 Å². The van der Waals surface area contributed by atoms with Crippen LogP contribution in [0.2, 0.25) is 0 Å². The molecule has 0 heterocycles. The van der Waals surface area contributed by atoms with Gasteiger partial charge in [-0.15, -0.1) is 0 Å². The van der Waals surface area contributed by atoms with Crippen LogP contribution in [0.1, 0.15) is 62.8 Å². The van der Waals surface area contributed by atoms with Gasteiger partial charge in [0, 0.05) is 19.6 Å². The first kappa shape index (κ1) is 35.4. The second-order valence-corrected chi connectivity index (χ2v) is 13.4. The minimum absolute atomic E-state index is 0.0951. The molecule has 0 fully saturated rings. The predicted molar refractivity (Wildman–Crippen MR) is 168 cm³/mol. The summed E-state index contributed by atoms with van der Waals surface area (Å²) in [5.74, 6) is -0.134. The average Bonchev–Trinajstić information content (AvgIpc) is 2.89. The minimum atomic E-state index is -4.04. The third kappa shape index (κ3) is 10.5. The van der Waals surface area contributed by atoms with Crippen LogP contribution in [0.3, 0.4) is 0 Å². The van der Waals surface area contributed by atoms with Crippen molar-refractivity contribution in [2.24, 2.45) is 0 Å². The second kappa shape index (κ2) is 15.1. The van der Waals surface area contributed by atoms with Crippen molar-refractivity contribution in [3.8, 4) is 5.75 Å². The van der Waals surface area contributed by atoms with E-state index in [1.165, 1.54) is 19.1 Å². The van der Waals surface area contributed by atoms with E-state index in [1.54, 1.807) is 47.6 Å². The smallest absolute Gasteiger partial charge is 0.410 e. The monoisotopic (exact) mass is 617 g/mol. The zero-order valence-electron chi connectivity index (χ0n) is 26.8. The Kier molecular flexibility index (Phi) is 12.4. The topological polar surface area (TPSA) is 150 Å². The zero-order valence-corrected chi connectivity index (χ0v) is 27.6. The van der Waals surface area contributed by atoms with E-state index in [0.717, 1.165) is 5.56 Å². The number of aryl methyl sites for hydroxylation is 1. The van der Waals surface area contributed by atoms with Crippen molar-refractivity contribution < 1.29 is 27.5 Å². The molecule has 0 saturated heterocycles. The molecule has 0 spiro atoms. The Morgan fingerprint density at radius 2 is 1.70 bits per heavy atom. The molecule has 0 saturated carbocycles. The Morgan fingerprint density at radius 3 is 2.28 bits per heavy atom. The summed E-state index contributed by atoms with van der Waals surface area (Å²) in [5.41, 5.74) is 2.08. The number of methoxy groups -OCH3 is 1. The number of nitrogens with zero attached hydrogens (tertiary/aromatic N) is 1. The van der Waals surface area contributed by atoms with Crippen LogP contribution in [0.5, 0.6) is 5.75 Å². The highest BCUT2D eigenvalue weighted by atomic mass is 32.2. The number of hydrogen-bond donors (Lipinski definition) is 4. The molecule has 11 nitrogen and oxygen atoms in total. The van der Waals surface area contributed by atoms with Gasteiger partial charge in [-0.2, -0.15) is 0 Å². The van der Waals surface area contributed by atoms with Crippen LogP contribution < -0.4 is 20.1 Å². The minimum Gasteiger partial charge on any atom is -0.496 e. The van der Waals surface area contributed by atoms with Gasteiger partial charge in [0.1, 0.15) is 17.4 Å². The van der Waals surface area contributed by atoms with Gasteiger partial charge in [0.05, 0.1) is 12.0 Å². The standard InChI is InChI=1S/C31H47N5O6S/c1-20-18-26(41-9)22(3)23(4)27(20)43(39,40)35-29(32)33-17-13-16-25(36(8)30(38)42-31(5,6)7)28(37)34-21(2)19-24-14-11-10-12-15-24/h10-12,14-15,18,21,25H,13,16-17,19H2,1-9H3,(H,34,37)(H3,32,33,35)/t21-,25-/m0/s1. The summed E-state index contributed by atoms with van der Waals surface area (Å²) in [6.45, 7) is 12.5. The van der Waals surface area contributed by atoms with Gasteiger partial charge in [0.25, 0.3) is 10.0 Å². The maximum atomic E-state index is 13.3. The van der Waals surface area contributed by atoms with Gasteiger partial charge >= 0.3 is 6.09 Å². The molecule has 2 aromatic carbocycles. The molecular formula is C31H47N5O6S. The van der Waals surface area contributed by atoms with Crippen molar-refractivity contribution in [3.63, 3.8) is 0 Å². The van der Waals surface area contributed by atoms with Crippen molar-refractivity contribution in [2.45, 2.75) is 90.3 Å². The maximum Gasteiger partial charge on any atom is 0.410 e. The van der Waals surface area contributed by atoms with Gasteiger partial charge in [-0.25, -0.2) is 17.9 Å². The molecule has 0 aliphatic heterocycles. The van der Waals surface area contributed by atoms with Gasteiger partial charge < -0.3 is 20.1 Å². The SMILES string of the molecule is COc1cc(C)c(S(=O)(=O)NC(=N)NCCC[C@@H](C(=O)N[C@@H](C)Cc2ccccc2)N(C)C(=O)OC(C)(C)C)c(C)c1C. The first-order chi connectivity index (χ1) is 20.0. The van der Waals surface area contributed by atoms with Gasteiger partial charge in [-0.05, 0) is 96.0 Å². The highest BCUT2D eigenvalue weighted by Gasteiger charge is 2.31. The number of guanidine groups is 1. The third-order valence-corrected chi connectivity index (χ3v) is 8.52. The number of likely N-dealkylation sites (N-methyl/N-ethyl adjacent to an activating group) is 1. The first-order valence-corrected chi connectivity index (χ1v) is 15.7. The molecule has 2 aromatic rings. The zero-order chi connectivity index (χ0) is 32.5. The fourth-order valence-electron chi connectivity index (χ4n) is 4.70. The van der Waals surface area contributed by atoms with Gasteiger partial charge in [-0.3, -0.25) is 15.1 Å². The summed E-state index contributed by atoms with van der Waals surface area (Å²) in [6, 6.07) is 10.4. The van der Waals surface area contributed by atoms with Gasteiger partial charge in [-0.1, -0.05) is 30.3 Å². The lowest BCUT2D eigenvalue weighted by atomic mass is 10.1. The van der Waals surface area contributed by atoms with Crippen LogP contribution >= 0.6 is 0 Å². The number of carbonyl (C=O) groups is 2. The molecule has 0 radical (unpaired) electrons. The van der Waals surface area contributed by atoms with Crippen LogP contribution in [0.4, 0.5) is 4.79 Å². The lowest BCUT2D eigenvalue weighted by Crippen LogP contribution is -2.51. The largest absolute Gasteiger partial charge is 0.496 e. The molecule has 0 unspecified atom stereocenters. The lowest BCUT2D eigenvalue weighted by Gasteiger charge is -2.31. The molecule has 0 aromatic heterocycles. The summed E-state index contributed by atoms with van der Waals surface area (Å²) >= 11 is 0. The quantitative estimate of drug-likeness (QED) is 0.159. The number of amides is 2. The van der Waals surface area contributed by atoms with E-state index in [1.807, 2.05) is 37.3 Å². The number of rotatable bonds is 12. The first-order valence-electron chi connectivity index (χ1n) is 14.3. The van der Waals surface area contributed by atoms with Crippen LogP contribution in [0, 0.1) is 26.2 Å². The fourth-order valence-corrected chi connectivity index (χ4v) is 6.18. The van der Waals surface area contributed by atoms with E-state index >= 15 is 0 Å². The Hall–Kier alpha value is -3.80. The van der Waals surface area contributed by atoms with E-state index in [4.69, 9.17) is 14.9 Å². The third-order valence-electron chi connectivity index (χ3n) is 6.88. The van der Waals surface area contributed by atoms with E-state index in [2.05, 4.69) is 15.4 Å². The summed E-state index contributed by atoms with van der Waals surface area (Å²) in [7, 11) is -0.998. The molecule has 0 aliphatic carbocycles. The summed E-state index contributed by atoms with van der Waals surface area (Å²) in [5, 5.41) is 14.0. The number of carbonyl (C=O) groups excluding carboxylic acids is 2. The molecule has 2 atom stereocenters. The van der Waals surface area contributed by atoms with Crippen molar-refractivity contribution in [1.82, 2.24) is 20.3 Å². The molecule has 238 valence electrons. The number of sulfonamides is 1. The fraction of sp³-hybridized carbons (Fsp3) is 0.516. The van der Waals surface area contributed by atoms with Crippen molar-refractivity contribution >= 4 is 28.0 Å². The van der Waals surface area contributed by atoms with Crippen LogP contribution in [-0.2, 0) is 26.0 Å². The highest BCUT2D eigenvalue weighted by molar-refractivity contribution is 7.90. The average molecular weight is 618 g/mol. The number of nitrogens with one attached hydrogen (secondary N) is 4. The Bertz CT molecular complexity index is 1390. The molecule has 0 bridgehead atoms. The second-order valence-electron chi connectivity index (χ2n) is 11.7. The molecule has 0 aliphatic rings. The van der Waals surface area contributed by atoms with E-state index in [-0.39, 0.29) is 29.8 Å². The predicted octanol–water partition coefficient (Wildman–Crippen LogP) is 4.19. The van der Waals surface area contributed by atoms with E-state index in [0.29, 0.717) is 35.3 Å². The Balaban J connectivity index is 2.06. The van der Waals surface area contributed by atoms with Crippen molar-refractivity contribution in [3.05, 3.63) is 58.7 Å². The maximum absolute atomic E-state index is 13.3. The summed E-state index contributed by atoms with van der Waals surface area (Å²) < 4.78 is 39.4. The number of hydrogen-bond acceptors (Lipinski definition) is 7. The Labute approximate surface area is 256 Å². The van der Waals surface area contributed by atoms with Gasteiger partial charge in [0.2, 0.25) is 11.9 Å². The molecule has 43 heavy (non-hydrogen) atoms. The number of benzene rings is 2. The van der Waals surface area contributed by atoms with E-state index in [9.17, 15) is 18.0 Å². The Morgan fingerprint density at radius 1 is 1.07 bits per heavy atom. The van der Waals surface area contributed by atoms with Crippen molar-refractivity contribution in [1.29, 1.82) is 5.41 Å². The summed E-state index contributed by atoms with van der Waals surface area (Å²) in [4.78, 5) is 27.5. The molecule has 4 N–H and O–H groups in total. The molecule has 12 heteroatoms. The lowest BCUT2D eigenvalue weighted by molar-refractivity contribution is -0.126. The van der Waals surface area contributed by atoms with Crippen LogP contribution in [0.15, 0.2) is 41.3 Å². The summed E-state index contributed by atoms with van der Waals surface area (Å²) in [6.07, 6.45) is 0.614. The molecule has 2 rings (SSSR count).